The molecule has 0 saturated heterocycles. The molecule has 0 aliphatic carbocycles. The van der Waals surface area contributed by atoms with E-state index in [1.165, 1.54) is 11.8 Å². The minimum atomic E-state index is -3.99. The average Bonchev–Trinajstić information content (AvgIpc) is 2.79. The first-order valence-corrected chi connectivity index (χ1v) is 13.3. The molecule has 0 saturated carbocycles. The van der Waals surface area contributed by atoms with Crippen molar-refractivity contribution < 1.29 is 23.0 Å². The quantitative estimate of drug-likeness (QED) is 0.402. The van der Waals surface area contributed by atoms with E-state index in [2.05, 4.69) is 35.5 Å². The van der Waals surface area contributed by atoms with Crippen LogP contribution in [0.15, 0.2) is 58.3 Å². The molecular weight excluding hydrogens is 474 g/mol. The third-order valence-corrected chi connectivity index (χ3v) is 6.95. The number of aryl methyl sites for hydroxylation is 1. The van der Waals surface area contributed by atoms with E-state index in [1.54, 1.807) is 43.3 Å². The zero-order chi connectivity index (χ0) is 24.9. The van der Waals surface area contributed by atoms with Crippen LogP contribution in [0.3, 0.4) is 0 Å². The zero-order valence-corrected chi connectivity index (χ0v) is 21.5. The minimum absolute atomic E-state index is 0.00966. The summed E-state index contributed by atoms with van der Waals surface area (Å²) in [6.07, 6.45) is 1.90. The Bertz CT molecular complexity index is 1240. The molecule has 0 spiro atoms. The molecule has 2 N–H and O–H groups in total. The molecule has 1 heterocycles. The first kappa shape index (κ1) is 25.8. The summed E-state index contributed by atoms with van der Waals surface area (Å²) in [7, 11) is -3.99. The van der Waals surface area contributed by atoms with Crippen LogP contribution in [-0.4, -0.2) is 43.0 Å². The van der Waals surface area contributed by atoms with Gasteiger partial charge in [-0.25, -0.2) is 13.4 Å². The van der Waals surface area contributed by atoms with Gasteiger partial charge in [-0.3, -0.25) is 4.72 Å². The molecule has 0 atom stereocenters. The molecule has 3 rings (SSSR count). The second-order valence-corrected chi connectivity index (χ2v) is 11.0. The van der Waals surface area contributed by atoms with Gasteiger partial charge in [0.25, 0.3) is 15.9 Å². The molecule has 1 aromatic heterocycles. The SMILES string of the molecule is CSc1ccccc1Oc1c(NS(=O)(=O)c2ccc(C(C)(C)C)cc2)nc(C)nc1OCCO. The minimum Gasteiger partial charge on any atom is -0.472 e. The van der Waals surface area contributed by atoms with Crippen LogP contribution in [0, 0.1) is 6.92 Å². The third kappa shape index (κ3) is 6.19. The maximum absolute atomic E-state index is 13.2. The van der Waals surface area contributed by atoms with Crippen molar-refractivity contribution in [2.45, 2.75) is 42.9 Å². The van der Waals surface area contributed by atoms with Crippen molar-refractivity contribution in [2.24, 2.45) is 0 Å². The van der Waals surface area contributed by atoms with E-state index in [-0.39, 0.29) is 46.8 Å². The number of para-hydroxylation sites is 1. The van der Waals surface area contributed by atoms with E-state index in [1.807, 2.05) is 18.4 Å². The number of nitrogens with one attached hydrogen (secondary N) is 1. The Kier molecular flexibility index (Phi) is 8.06. The second kappa shape index (κ2) is 10.6. The Labute approximate surface area is 204 Å². The summed E-state index contributed by atoms with van der Waals surface area (Å²) in [6.45, 7) is 7.50. The number of rotatable bonds is 9. The van der Waals surface area contributed by atoms with Crippen molar-refractivity contribution in [3.8, 4) is 17.4 Å². The van der Waals surface area contributed by atoms with Gasteiger partial charge in [-0.1, -0.05) is 45.0 Å². The summed E-state index contributed by atoms with van der Waals surface area (Å²) in [5.41, 5.74) is 0.908. The number of thioether (sulfide) groups is 1. The summed E-state index contributed by atoms with van der Waals surface area (Å²) >= 11 is 1.48. The van der Waals surface area contributed by atoms with Crippen LogP contribution in [0.4, 0.5) is 5.82 Å². The smallest absolute Gasteiger partial charge is 0.263 e. The maximum Gasteiger partial charge on any atom is 0.263 e. The molecule has 8 nitrogen and oxygen atoms in total. The number of ether oxygens (including phenoxy) is 2. The molecule has 2 aromatic carbocycles. The van der Waals surface area contributed by atoms with E-state index >= 15 is 0 Å². The van der Waals surface area contributed by atoms with Gasteiger partial charge in [0, 0.05) is 4.90 Å². The predicted octanol–water partition coefficient (Wildman–Crippen LogP) is 4.77. The summed E-state index contributed by atoms with van der Waals surface area (Å²) in [5, 5.41) is 9.22. The second-order valence-electron chi connectivity index (χ2n) is 8.46. The number of aliphatic hydroxyl groups excluding tert-OH is 1. The fourth-order valence-corrected chi connectivity index (χ4v) is 4.60. The fraction of sp³-hybridized carbons (Fsp3) is 0.333. The highest BCUT2D eigenvalue weighted by molar-refractivity contribution is 7.98. The van der Waals surface area contributed by atoms with Gasteiger partial charge in [0.05, 0.1) is 11.5 Å². The van der Waals surface area contributed by atoms with E-state index in [0.29, 0.717) is 5.75 Å². The summed E-state index contributed by atoms with van der Waals surface area (Å²) < 4.78 is 40.6. The number of anilines is 1. The number of nitrogens with zero attached hydrogens (tertiary/aromatic N) is 2. The molecular formula is C24H29N3O5S2. The number of aliphatic hydroxyl groups is 1. The maximum atomic E-state index is 13.2. The lowest BCUT2D eigenvalue weighted by Gasteiger charge is -2.20. The normalized spacial score (nSPS) is 11.8. The highest BCUT2D eigenvalue weighted by atomic mass is 32.2. The van der Waals surface area contributed by atoms with Crippen LogP contribution in [0.2, 0.25) is 0 Å². The third-order valence-electron chi connectivity index (χ3n) is 4.82. The number of hydrogen-bond donors (Lipinski definition) is 2. The van der Waals surface area contributed by atoms with Gasteiger partial charge in [-0.05, 0) is 48.4 Å². The van der Waals surface area contributed by atoms with E-state index in [9.17, 15) is 13.5 Å². The van der Waals surface area contributed by atoms with E-state index in [0.717, 1.165) is 10.5 Å². The van der Waals surface area contributed by atoms with Crippen molar-refractivity contribution >= 4 is 27.6 Å². The Morgan fingerprint density at radius 1 is 1.06 bits per heavy atom. The first-order chi connectivity index (χ1) is 16.0. The summed E-state index contributed by atoms with van der Waals surface area (Å²) in [4.78, 5) is 9.46. The molecule has 3 aromatic rings. The van der Waals surface area contributed by atoms with Gasteiger partial charge in [-0.2, -0.15) is 4.98 Å². The van der Waals surface area contributed by atoms with Crippen LogP contribution in [0.25, 0.3) is 0 Å². The lowest BCUT2D eigenvalue weighted by atomic mass is 9.87. The van der Waals surface area contributed by atoms with Crippen LogP contribution in [-0.2, 0) is 15.4 Å². The van der Waals surface area contributed by atoms with Gasteiger partial charge in [0.15, 0.2) is 5.82 Å². The average molecular weight is 504 g/mol. The standard InChI is InChI=1S/C24H29N3O5S2/c1-16-25-22(27-34(29,30)18-12-10-17(11-13-18)24(2,3)4)21(23(26-16)31-15-14-28)32-19-8-6-7-9-20(19)33-5/h6-13,28H,14-15H2,1-5H3,(H,25,26,27). The number of sulfonamides is 1. The van der Waals surface area contributed by atoms with Crippen molar-refractivity contribution in [1.82, 2.24) is 9.97 Å². The monoisotopic (exact) mass is 503 g/mol. The predicted molar refractivity (Wildman–Crippen MR) is 134 cm³/mol. The van der Waals surface area contributed by atoms with Crippen molar-refractivity contribution in [2.75, 3.05) is 24.2 Å². The molecule has 10 heteroatoms. The molecule has 0 radical (unpaired) electrons. The Balaban J connectivity index is 2.05. The van der Waals surface area contributed by atoms with Gasteiger partial charge >= 0.3 is 0 Å². The van der Waals surface area contributed by atoms with Crippen molar-refractivity contribution in [1.29, 1.82) is 0 Å². The lowest BCUT2D eigenvalue weighted by molar-refractivity contribution is 0.192. The molecule has 0 unspecified atom stereocenters. The summed E-state index contributed by atoms with van der Waals surface area (Å²) in [6, 6.07) is 14.0. The Morgan fingerprint density at radius 3 is 2.35 bits per heavy atom. The van der Waals surface area contributed by atoms with Crippen molar-refractivity contribution in [3.63, 3.8) is 0 Å². The van der Waals surface area contributed by atoms with Crippen LogP contribution < -0.4 is 14.2 Å². The fourth-order valence-electron chi connectivity index (χ4n) is 3.07. The van der Waals surface area contributed by atoms with Gasteiger partial charge in [0.2, 0.25) is 5.75 Å². The molecule has 0 bridgehead atoms. The highest BCUT2D eigenvalue weighted by Gasteiger charge is 2.24. The van der Waals surface area contributed by atoms with Gasteiger partial charge < -0.3 is 14.6 Å². The Hall–Kier alpha value is -2.82. The van der Waals surface area contributed by atoms with E-state index in [4.69, 9.17) is 9.47 Å². The summed E-state index contributed by atoms with van der Waals surface area (Å²) in [5.74, 6) is 0.746. The first-order valence-electron chi connectivity index (χ1n) is 10.6. The van der Waals surface area contributed by atoms with Crippen LogP contribution in [0.1, 0.15) is 32.2 Å². The Morgan fingerprint density at radius 2 is 1.74 bits per heavy atom. The van der Waals surface area contributed by atoms with Crippen molar-refractivity contribution in [3.05, 3.63) is 59.9 Å². The topological polar surface area (TPSA) is 111 Å². The molecule has 182 valence electrons. The molecule has 0 amide bonds. The van der Waals surface area contributed by atoms with Gasteiger partial charge in [0.1, 0.15) is 18.2 Å². The lowest BCUT2D eigenvalue weighted by Crippen LogP contribution is -2.17. The molecule has 34 heavy (non-hydrogen) atoms. The largest absolute Gasteiger partial charge is 0.472 e. The molecule has 0 aliphatic heterocycles. The number of benzene rings is 2. The van der Waals surface area contributed by atoms with Crippen LogP contribution in [0.5, 0.6) is 17.4 Å². The van der Waals surface area contributed by atoms with Gasteiger partial charge in [-0.15, -0.1) is 11.8 Å². The number of aromatic nitrogens is 2. The van der Waals surface area contributed by atoms with E-state index < -0.39 is 10.0 Å². The van der Waals surface area contributed by atoms with Crippen LogP contribution >= 0.6 is 11.8 Å². The highest BCUT2D eigenvalue weighted by Crippen LogP contribution is 2.40. The molecule has 0 aliphatic rings. The zero-order valence-electron chi connectivity index (χ0n) is 19.8. The number of hydrogen-bond acceptors (Lipinski definition) is 8. The molecule has 0 fully saturated rings.